The highest BCUT2D eigenvalue weighted by molar-refractivity contribution is 6.25. The first-order chi connectivity index (χ1) is 28.7. The lowest BCUT2D eigenvalue weighted by atomic mass is 9.95. The van der Waals surface area contributed by atoms with Crippen LogP contribution >= 0.6 is 0 Å². The second-order valence-corrected chi connectivity index (χ2v) is 14.9. The molecule has 0 saturated carbocycles. The summed E-state index contributed by atoms with van der Waals surface area (Å²) in [7, 11) is 0. The van der Waals surface area contributed by atoms with E-state index in [0.29, 0.717) is 11.7 Å². The summed E-state index contributed by atoms with van der Waals surface area (Å²) in [5.74, 6) is 1.35. The number of rotatable bonds is 5. The molecule has 9 aromatic carbocycles. The molecule has 0 fully saturated rings. The van der Waals surface area contributed by atoms with Crippen LogP contribution < -0.4 is 5.32 Å². The van der Waals surface area contributed by atoms with Gasteiger partial charge < -0.3 is 14.2 Å². The SMILES string of the molecule is c1ccc(-c2ccc(-c3ccc(C4=NC(c5ccc6ccccc6c5)=NC(c5cccc6c5oc5ccccc56)N4)c4c3oc3cc5ccccc5cc34)cc2)cc1. The van der Waals surface area contributed by atoms with Crippen LogP contribution in [0.5, 0.6) is 0 Å². The van der Waals surface area contributed by atoms with E-state index in [2.05, 4.69) is 175 Å². The fourth-order valence-electron chi connectivity index (χ4n) is 8.65. The summed E-state index contributed by atoms with van der Waals surface area (Å²) < 4.78 is 13.5. The van der Waals surface area contributed by atoms with Gasteiger partial charge >= 0.3 is 0 Å². The molecule has 1 atom stereocenters. The standard InChI is InChI=1S/C53H33N3O2/c1-2-11-32(12-3-1)34-21-24-35(25-22-34)40-27-28-43(48-45-30-37-15-6-7-16-38(37)31-47(45)58-50(40)48)52-54-51(39-26-23-33-13-4-5-14-36(33)29-39)55-53(56-52)44-19-10-18-42-41-17-8-9-20-46(41)57-49(42)44/h1-31,53H,(H,54,55,56). The van der Waals surface area contributed by atoms with E-state index in [9.17, 15) is 0 Å². The van der Waals surface area contributed by atoms with E-state index in [1.165, 1.54) is 16.5 Å². The second-order valence-electron chi connectivity index (χ2n) is 14.9. The smallest absolute Gasteiger partial charge is 0.159 e. The Kier molecular flexibility index (Phi) is 7.23. The highest BCUT2D eigenvalue weighted by Crippen LogP contribution is 2.41. The third-order valence-electron chi connectivity index (χ3n) is 11.5. The lowest BCUT2D eigenvalue weighted by molar-refractivity contribution is 0.628. The Morgan fingerprint density at radius 1 is 0.414 bits per heavy atom. The number of amidine groups is 2. The lowest BCUT2D eigenvalue weighted by Gasteiger charge is -2.24. The average molecular weight is 744 g/mol. The van der Waals surface area contributed by atoms with Crippen molar-refractivity contribution in [3.63, 3.8) is 0 Å². The first-order valence-electron chi connectivity index (χ1n) is 19.6. The molecule has 5 heteroatoms. The normalized spacial score (nSPS) is 14.4. The lowest BCUT2D eigenvalue weighted by Crippen LogP contribution is -2.33. The number of aliphatic imine (C=N–C) groups is 2. The topological polar surface area (TPSA) is 63.0 Å². The molecular weight excluding hydrogens is 711 g/mol. The van der Waals surface area contributed by atoms with Crippen LogP contribution in [0.4, 0.5) is 0 Å². The Hall–Kier alpha value is -7.76. The zero-order chi connectivity index (χ0) is 38.2. The number of benzene rings is 9. The Morgan fingerprint density at radius 3 is 1.90 bits per heavy atom. The van der Waals surface area contributed by atoms with Gasteiger partial charge in [-0.05, 0) is 74.6 Å². The van der Waals surface area contributed by atoms with E-state index in [1.54, 1.807) is 0 Å². The van der Waals surface area contributed by atoms with Gasteiger partial charge in [-0.3, -0.25) is 0 Å². The van der Waals surface area contributed by atoms with Gasteiger partial charge in [0.05, 0.1) is 0 Å². The number of nitrogens with zero attached hydrogens (tertiary/aromatic N) is 2. The van der Waals surface area contributed by atoms with E-state index in [4.69, 9.17) is 18.8 Å². The molecular formula is C53H33N3O2. The summed E-state index contributed by atoms with van der Waals surface area (Å²) in [6, 6.07) is 65.7. The first-order valence-corrected chi connectivity index (χ1v) is 19.6. The molecule has 3 heterocycles. The fourth-order valence-corrected chi connectivity index (χ4v) is 8.65. The maximum atomic E-state index is 6.93. The van der Waals surface area contributed by atoms with E-state index in [1.807, 2.05) is 18.2 Å². The molecule has 0 aliphatic carbocycles. The van der Waals surface area contributed by atoms with Gasteiger partial charge in [-0.1, -0.05) is 152 Å². The van der Waals surface area contributed by atoms with Gasteiger partial charge in [0.25, 0.3) is 0 Å². The molecule has 11 aromatic rings. The second kappa shape index (κ2) is 12.9. The molecule has 2 aromatic heterocycles. The van der Waals surface area contributed by atoms with Crippen molar-refractivity contribution in [1.29, 1.82) is 0 Å². The van der Waals surface area contributed by atoms with Gasteiger partial charge in [0.15, 0.2) is 12.0 Å². The van der Waals surface area contributed by atoms with Gasteiger partial charge in [0.1, 0.15) is 28.2 Å². The molecule has 1 aliphatic rings. The predicted molar refractivity (Wildman–Crippen MR) is 239 cm³/mol. The van der Waals surface area contributed by atoms with Gasteiger partial charge in [0.2, 0.25) is 0 Å². The van der Waals surface area contributed by atoms with Gasteiger partial charge in [-0.15, -0.1) is 0 Å². The van der Waals surface area contributed by atoms with Crippen LogP contribution in [0.1, 0.15) is 22.9 Å². The molecule has 5 nitrogen and oxygen atoms in total. The molecule has 0 radical (unpaired) electrons. The Labute approximate surface area is 333 Å². The Balaban J connectivity index is 1.08. The van der Waals surface area contributed by atoms with Crippen molar-refractivity contribution in [1.82, 2.24) is 5.32 Å². The van der Waals surface area contributed by atoms with Crippen LogP contribution in [0.2, 0.25) is 0 Å². The number of hydrogen-bond donors (Lipinski definition) is 1. The van der Waals surface area contributed by atoms with Crippen LogP contribution in [0.3, 0.4) is 0 Å². The third kappa shape index (κ3) is 5.25. The molecule has 0 spiro atoms. The van der Waals surface area contributed by atoms with E-state index in [0.717, 1.165) is 87.9 Å². The third-order valence-corrected chi connectivity index (χ3v) is 11.5. The van der Waals surface area contributed by atoms with Crippen LogP contribution in [0.15, 0.2) is 207 Å². The Bertz CT molecular complexity index is 3480. The van der Waals surface area contributed by atoms with Crippen molar-refractivity contribution < 1.29 is 8.83 Å². The molecule has 0 amide bonds. The van der Waals surface area contributed by atoms with Crippen molar-refractivity contribution in [3.05, 3.63) is 205 Å². The van der Waals surface area contributed by atoms with E-state index >= 15 is 0 Å². The number of para-hydroxylation sites is 2. The minimum Gasteiger partial charge on any atom is -0.456 e. The van der Waals surface area contributed by atoms with Crippen LogP contribution in [0.25, 0.3) is 87.7 Å². The summed E-state index contributed by atoms with van der Waals surface area (Å²) in [4.78, 5) is 10.7. The molecule has 58 heavy (non-hydrogen) atoms. The summed E-state index contributed by atoms with van der Waals surface area (Å²) in [5, 5.41) is 12.5. The molecule has 272 valence electrons. The predicted octanol–water partition coefficient (Wildman–Crippen LogP) is 13.6. The molecule has 0 saturated heterocycles. The van der Waals surface area contributed by atoms with Gasteiger partial charge in [-0.25, -0.2) is 9.98 Å². The molecule has 0 bridgehead atoms. The monoisotopic (exact) mass is 743 g/mol. The molecule has 1 unspecified atom stereocenters. The van der Waals surface area contributed by atoms with Crippen molar-refractivity contribution >= 4 is 77.1 Å². The highest BCUT2D eigenvalue weighted by Gasteiger charge is 2.27. The number of furan rings is 2. The summed E-state index contributed by atoms with van der Waals surface area (Å²) in [5.41, 5.74) is 10.5. The summed E-state index contributed by atoms with van der Waals surface area (Å²) in [6.45, 7) is 0. The summed E-state index contributed by atoms with van der Waals surface area (Å²) in [6.07, 6.45) is -0.488. The van der Waals surface area contributed by atoms with Crippen molar-refractivity contribution in [3.8, 4) is 22.3 Å². The van der Waals surface area contributed by atoms with Crippen molar-refractivity contribution in [2.24, 2.45) is 9.98 Å². The molecule has 12 rings (SSSR count). The number of fused-ring (bicyclic) bond motifs is 8. The van der Waals surface area contributed by atoms with Crippen LogP contribution in [-0.4, -0.2) is 11.7 Å². The maximum absolute atomic E-state index is 6.93. The van der Waals surface area contributed by atoms with Crippen LogP contribution in [-0.2, 0) is 0 Å². The van der Waals surface area contributed by atoms with Crippen molar-refractivity contribution in [2.45, 2.75) is 6.17 Å². The maximum Gasteiger partial charge on any atom is 0.159 e. The first kappa shape index (κ1) is 32.5. The minimum atomic E-state index is -0.488. The number of nitrogens with one attached hydrogen (secondary N) is 1. The molecule has 1 N–H and O–H groups in total. The zero-order valence-corrected chi connectivity index (χ0v) is 31.2. The Morgan fingerprint density at radius 2 is 1.05 bits per heavy atom. The largest absolute Gasteiger partial charge is 0.456 e. The quantitative estimate of drug-likeness (QED) is 0.191. The van der Waals surface area contributed by atoms with Gasteiger partial charge in [-0.2, -0.15) is 0 Å². The van der Waals surface area contributed by atoms with E-state index in [-0.39, 0.29) is 0 Å². The van der Waals surface area contributed by atoms with Crippen LogP contribution in [0, 0.1) is 0 Å². The average Bonchev–Trinajstić information content (AvgIpc) is 3.86. The minimum absolute atomic E-state index is 0.488. The van der Waals surface area contributed by atoms with Crippen molar-refractivity contribution in [2.75, 3.05) is 0 Å². The highest BCUT2D eigenvalue weighted by atomic mass is 16.3. The summed E-state index contributed by atoms with van der Waals surface area (Å²) >= 11 is 0. The van der Waals surface area contributed by atoms with Gasteiger partial charge in [0, 0.05) is 43.8 Å². The number of hydrogen-bond acceptors (Lipinski definition) is 5. The fraction of sp³-hybridized carbons (Fsp3) is 0.0189. The van der Waals surface area contributed by atoms with E-state index < -0.39 is 6.17 Å². The zero-order valence-electron chi connectivity index (χ0n) is 31.2. The molecule has 1 aliphatic heterocycles.